The first-order valence-corrected chi connectivity index (χ1v) is 26.9. The number of hydrogen-bond donors (Lipinski definition) is 0. The molecule has 0 aliphatic rings. The molecule has 8 rings (SSSR count). The zero-order valence-electron chi connectivity index (χ0n) is 34.8. The van der Waals surface area contributed by atoms with Crippen molar-refractivity contribution < 1.29 is 24.5 Å². The van der Waals surface area contributed by atoms with E-state index < -0.39 is 13.3 Å². The van der Waals surface area contributed by atoms with Crippen LogP contribution in [0, 0.1) is 52.7 Å². The molecule has 4 nitrogen and oxygen atoms in total. The second kappa shape index (κ2) is 17.4. The number of rotatable bonds is 7. The standard InChI is InChI=1S/C33H27N2O.C18H24GeN.Ir/c1-19-16-22(4)30(23(5)17-19)24-14-15-34-29(18-24)27-11-7-10-25-26-12-13-28(35-33(26)36-32(25)27)31-20(2)8-6-9-21(31)3;1-14(2)11-16-12-18(15-9-7-6-8-10-15)20-13-17(16)19(3,4)5;/h6-10,12-18H,1-5H3;6-9,12-14H,11H2,1-5H3;/q2*-1;. The third-order valence-electron chi connectivity index (χ3n) is 10.4. The van der Waals surface area contributed by atoms with E-state index in [0.29, 0.717) is 11.6 Å². The molecule has 0 saturated heterocycles. The van der Waals surface area contributed by atoms with E-state index in [9.17, 15) is 0 Å². The normalized spacial score (nSPS) is 11.4. The van der Waals surface area contributed by atoms with Crippen LogP contribution in [-0.2, 0) is 26.5 Å². The van der Waals surface area contributed by atoms with Gasteiger partial charge in [0.25, 0.3) is 0 Å². The largest absolute Gasteiger partial charge is 0.486 e. The van der Waals surface area contributed by atoms with Gasteiger partial charge >= 0.3 is 126 Å². The minimum atomic E-state index is -1.86. The maximum Gasteiger partial charge on any atom is 0.216 e. The summed E-state index contributed by atoms with van der Waals surface area (Å²) in [7, 11) is 0. The number of furan rings is 1. The van der Waals surface area contributed by atoms with Crippen molar-refractivity contribution in [1.29, 1.82) is 0 Å². The summed E-state index contributed by atoms with van der Waals surface area (Å²) < 4.78 is 7.95. The quantitative estimate of drug-likeness (QED) is 0.118. The molecule has 57 heavy (non-hydrogen) atoms. The SMILES string of the molecule is CC(C)Cc1cc(-c2[c-]cccc2)nc[c]1[Ge]([CH3])([CH3])[CH3].Cc1cc(C)c(-c2ccnc(-c3[c-]ccc4c3oc3nc(-c5c(C)cccc5C)ccc34)c2)c(C)c1.[Ir]. The van der Waals surface area contributed by atoms with Gasteiger partial charge < -0.3 is 9.40 Å². The first kappa shape index (κ1) is 41.9. The number of pyridine rings is 3. The number of nitrogens with zero attached hydrogens (tertiary/aromatic N) is 3. The maximum atomic E-state index is 6.41. The van der Waals surface area contributed by atoms with Gasteiger partial charge in [-0.3, -0.25) is 0 Å². The molecule has 0 amide bonds. The molecule has 0 aliphatic carbocycles. The molecule has 0 aliphatic heterocycles. The van der Waals surface area contributed by atoms with E-state index in [4.69, 9.17) is 19.4 Å². The summed E-state index contributed by atoms with van der Waals surface area (Å²) >= 11 is -1.86. The van der Waals surface area contributed by atoms with Gasteiger partial charge in [0, 0.05) is 37.3 Å². The predicted molar refractivity (Wildman–Crippen MR) is 238 cm³/mol. The van der Waals surface area contributed by atoms with Crippen molar-refractivity contribution in [1.82, 2.24) is 15.0 Å². The number of benzene rings is 4. The fraction of sp³-hybridized carbons (Fsp3) is 0.235. The van der Waals surface area contributed by atoms with Gasteiger partial charge in [0.2, 0.25) is 5.71 Å². The molecule has 291 valence electrons. The molecule has 8 aromatic rings. The zero-order valence-corrected chi connectivity index (χ0v) is 39.3. The molecule has 4 aromatic heterocycles. The van der Waals surface area contributed by atoms with Crippen LogP contribution in [-0.4, -0.2) is 28.2 Å². The molecule has 0 bridgehead atoms. The van der Waals surface area contributed by atoms with Crippen LogP contribution in [0.4, 0.5) is 0 Å². The van der Waals surface area contributed by atoms with E-state index in [1.165, 1.54) is 38.9 Å². The van der Waals surface area contributed by atoms with E-state index in [1.807, 2.05) is 36.5 Å². The monoisotopic (exact) mass is 988 g/mol. The molecule has 0 fully saturated rings. The molecule has 0 unspecified atom stereocenters. The Balaban J connectivity index is 0.000000223. The van der Waals surface area contributed by atoms with Gasteiger partial charge in [-0.25, -0.2) is 4.98 Å². The molecule has 0 saturated carbocycles. The summed E-state index contributed by atoms with van der Waals surface area (Å²) in [5.41, 5.74) is 17.4. The predicted octanol–water partition coefficient (Wildman–Crippen LogP) is 13.0. The average molecular weight is 987 g/mol. The van der Waals surface area contributed by atoms with Gasteiger partial charge in [0.15, 0.2) is 0 Å². The topological polar surface area (TPSA) is 51.8 Å². The van der Waals surface area contributed by atoms with Crippen molar-refractivity contribution in [2.45, 2.75) is 72.2 Å². The van der Waals surface area contributed by atoms with Gasteiger partial charge in [-0.05, 0) is 91.9 Å². The Morgan fingerprint density at radius 1 is 0.667 bits per heavy atom. The second-order valence-corrected chi connectivity index (χ2v) is 27.1. The fourth-order valence-corrected chi connectivity index (χ4v) is 11.3. The first-order valence-electron chi connectivity index (χ1n) is 19.6. The molecule has 4 heterocycles. The Morgan fingerprint density at radius 2 is 1.40 bits per heavy atom. The second-order valence-electron chi connectivity index (χ2n) is 16.6. The Kier molecular flexibility index (Phi) is 12.8. The average Bonchev–Trinajstić information content (AvgIpc) is 3.53. The van der Waals surface area contributed by atoms with E-state index in [0.717, 1.165) is 62.1 Å². The summed E-state index contributed by atoms with van der Waals surface area (Å²) in [4.78, 5) is 14.3. The molecule has 6 heteroatoms. The van der Waals surface area contributed by atoms with Crippen LogP contribution in [0.5, 0.6) is 0 Å². The fourth-order valence-electron chi connectivity index (χ4n) is 8.01. The summed E-state index contributed by atoms with van der Waals surface area (Å²) in [6, 6.07) is 40.2. The van der Waals surface area contributed by atoms with Crippen LogP contribution in [0.25, 0.3) is 67.0 Å². The van der Waals surface area contributed by atoms with Crippen LogP contribution in [0.3, 0.4) is 0 Å². The van der Waals surface area contributed by atoms with Gasteiger partial charge in [-0.15, -0.1) is 18.2 Å². The van der Waals surface area contributed by atoms with Gasteiger partial charge in [0.1, 0.15) is 0 Å². The molecule has 1 radical (unpaired) electrons. The van der Waals surface area contributed by atoms with Crippen molar-refractivity contribution in [3.63, 3.8) is 0 Å². The van der Waals surface area contributed by atoms with Crippen LogP contribution >= 0.6 is 0 Å². The Labute approximate surface area is 354 Å². The number of fused-ring (bicyclic) bond motifs is 3. The third-order valence-corrected chi connectivity index (χ3v) is 14.8. The summed E-state index contributed by atoms with van der Waals surface area (Å²) in [6.07, 6.45) is 5.14. The maximum absolute atomic E-state index is 6.41. The van der Waals surface area contributed by atoms with Crippen LogP contribution in [0.1, 0.15) is 47.2 Å². The van der Waals surface area contributed by atoms with E-state index >= 15 is 0 Å². The minimum absolute atomic E-state index is 0. The minimum Gasteiger partial charge on any atom is -0.486 e. The number of aromatic nitrogens is 3. The zero-order chi connectivity index (χ0) is 39.7. The van der Waals surface area contributed by atoms with Crippen molar-refractivity contribution in [2.24, 2.45) is 5.92 Å². The number of aryl methyl sites for hydroxylation is 5. The first-order chi connectivity index (χ1) is 26.8. The Bertz CT molecular complexity index is 2650. The summed E-state index contributed by atoms with van der Waals surface area (Å²) in [5, 5.41) is 2.02. The van der Waals surface area contributed by atoms with E-state index in [2.05, 4.69) is 151 Å². The van der Waals surface area contributed by atoms with Crippen molar-refractivity contribution in [3.05, 3.63) is 155 Å². The number of hydrogen-bond acceptors (Lipinski definition) is 4. The molecular formula is C51H51GeIrN3O-2. The van der Waals surface area contributed by atoms with Crippen molar-refractivity contribution >= 4 is 39.7 Å². The summed E-state index contributed by atoms with van der Waals surface area (Å²) in [6.45, 7) is 15.3. The molecule has 0 atom stereocenters. The van der Waals surface area contributed by atoms with Gasteiger partial charge in [0.05, 0.1) is 11.3 Å². The van der Waals surface area contributed by atoms with Crippen LogP contribution < -0.4 is 4.40 Å². The molecule has 4 aromatic carbocycles. The third kappa shape index (κ3) is 9.07. The molecule has 0 N–H and O–H groups in total. The molecule has 0 spiro atoms. The van der Waals surface area contributed by atoms with Crippen molar-refractivity contribution in [3.8, 4) is 44.9 Å². The smallest absolute Gasteiger partial charge is 0.216 e. The Hall–Kier alpha value is -4.68. The summed E-state index contributed by atoms with van der Waals surface area (Å²) in [5.74, 6) is 7.99. The Morgan fingerprint density at radius 3 is 2.07 bits per heavy atom. The van der Waals surface area contributed by atoms with E-state index in [1.54, 1.807) is 4.40 Å². The van der Waals surface area contributed by atoms with Gasteiger partial charge in [-0.1, -0.05) is 52.9 Å². The van der Waals surface area contributed by atoms with Crippen LogP contribution in [0.2, 0.25) is 17.3 Å². The van der Waals surface area contributed by atoms with E-state index in [-0.39, 0.29) is 20.1 Å². The van der Waals surface area contributed by atoms with Crippen molar-refractivity contribution in [2.75, 3.05) is 0 Å². The van der Waals surface area contributed by atoms with Gasteiger partial charge in [-0.2, -0.15) is 0 Å². The molecular weight excluding hydrogens is 935 g/mol. The van der Waals surface area contributed by atoms with Crippen LogP contribution in [0.15, 0.2) is 114 Å².